The summed E-state index contributed by atoms with van der Waals surface area (Å²) in [4.78, 5) is 11.8. The molecule has 0 spiro atoms. The Morgan fingerprint density at radius 2 is 2.10 bits per heavy atom. The molecule has 2 N–H and O–H groups in total. The van der Waals surface area contributed by atoms with Gasteiger partial charge in [0.1, 0.15) is 17.4 Å². The van der Waals surface area contributed by atoms with E-state index in [4.69, 9.17) is 5.26 Å². The highest BCUT2D eigenvalue weighted by atomic mass is 19.1. The Morgan fingerprint density at radius 3 is 2.80 bits per heavy atom. The normalized spacial score (nSPS) is 14.8. The molecule has 0 heterocycles. The number of nitrogens with one attached hydrogen (secondary N) is 2. The van der Waals surface area contributed by atoms with E-state index in [0.717, 1.165) is 25.7 Å². The molecule has 20 heavy (non-hydrogen) atoms. The average Bonchev–Trinajstić information content (AvgIpc) is 2.97. The maximum atomic E-state index is 13.4. The molecule has 0 atom stereocenters. The van der Waals surface area contributed by atoms with Crippen LogP contribution in [0.4, 0.5) is 10.1 Å². The van der Waals surface area contributed by atoms with Gasteiger partial charge in [-0.25, -0.2) is 4.39 Å². The highest BCUT2D eigenvalue weighted by Crippen LogP contribution is 2.24. The summed E-state index contributed by atoms with van der Waals surface area (Å²) < 4.78 is 13.4. The van der Waals surface area contributed by atoms with Gasteiger partial charge in [-0.1, -0.05) is 18.9 Å². The van der Waals surface area contributed by atoms with Crippen molar-refractivity contribution in [2.45, 2.75) is 25.7 Å². The zero-order valence-electron chi connectivity index (χ0n) is 11.3. The Morgan fingerprint density at radius 1 is 1.35 bits per heavy atom. The predicted octanol–water partition coefficient (Wildman–Crippen LogP) is 2.42. The molecule has 2 rings (SSSR count). The Labute approximate surface area is 118 Å². The van der Waals surface area contributed by atoms with Crippen LogP contribution < -0.4 is 10.6 Å². The van der Waals surface area contributed by atoms with Gasteiger partial charge in [0.2, 0.25) is 5.91 Å². The zero-order valence-corrected chi connectivity index (χ0v) is 11.3. The quantitative estimate of drug-likeness (QED) is 0.811. The van der Waals surface area contributed by atoms with Gasteiger partial charge in [-0.2, -0.15) is 5.26 Å². The lowest BCUT2D eigenvalue weighted by atomic mass is 10.1. The number of halogens is 1. The first-order valence-corrected chi connectivity index (χ1v) is 6.92. The van der Waals surface area contributed by atoms with Gasteiger partial charge in [0, 0.05) is 19.0 Å². The van der Waals surface area contributed by atoms with Gasteiger partial charge in [0.15, 0.2) is 0 Å². The largest absolute Gasteiger partial charge is 0.382 e. The van der Waals surface area contributed by atoms with Crippen molar-refractivity contribution in [3.8, 4) is 6.07 Å². The molecule has 1 aromatic carbocycles. The van der Waals surface area contributed by atoms with Crippen LogP contribution in [-0.2, 0) is 4.79 Å². The van der Waals surface area contributed by atoms with Crippen LogP contribution in [0, 0.1) is 23.1 Å². The van der Waals surface area contributed by atoms with Crippen LogP contribution in [0.2, 0.25) is 0 Å². The van der Waals surface area contributed by atoms with Crippen molar-refractivity contribution in [1.82, 2.24) is 5.32 Å². The second kappa shape index (κ2) is 6.90. The van der Waals surface area contributed by atoms with E-state index in [-0.39, 0.29) is 17.4 Å². The second-order valence-corrected chi connectivity index (χ2v) is 4.97. The van der Waals surface area contributed by atoms with Crippen molar-refractivity contribution in [2.75, 3.05) is 18.4 Å². The maximum absolute atomic E-state index is 13.4. The number of anilines is 1. The standard InChI is InChI=1S/C15H18FN3O/c16-13-6-3-7-14(12(13)10-17)18-8-9-19-15(20)11-4-1-2-5-11/h3,6-7,11,18H,1-2,4-5,8-9H2,(H,19,20). The summed E-state index contributed by atoms with van der Waals surface area (Å²) in [5, 5.41) is 14.7. The summed E-state index contributed by atoms with van der Waals surface area (Å²) in [6, 6.07) is 6.29. The molecule has 1 aliphatic carbocycles. The third-order valence-electron chi connectivity index (χ3n) is 3.59. The van der Waals surface area contributed by atoms with Gasteiger partial charge >= 0.3 is 0 Å². The molecule has 0 aromatic heterocycles. The number of amides is 1. The van der Waals surface area contributed by atoms with Crippen molar-refractivity contribution >= 4 is 11.6 Å². The van der Waals surface area contributed by atoms with E-state index in [9.17, 15) is 9.18 Å². The van der Waals surface area contributed by atoms with Crippen molar-refractivity contribution < 1.29 is 9.18 Å². The fraction of sp³-hybridized carbons (Fsp3) is 0.467. The summed E-state index contributed by atoms with van der Waals surface area (Å²) >= 11 is 0. The molecule has 1 amide bonds. The molecular formula is C15H18FN3O. The van der Waals surface area contributed by atoms with Gasteiger partial charge < -0.3 is 10.6 Å². The van der Waals surface area contributed by atoms with Gasteiger partial charge in [-0.3, -0.25) is 4.79 Å². The van der Waals surface area contributed by atoms with Crippen LogP contribution in [0.3, 0.4) is 0 Å². The number of hydrogen-bond acceptors (Lipinski definition) is 3. The van der Waals surface area contributed by atoms with Crippen molar-refractivity contribution in [3.05, 3.63) is 29.6 Å². The third-order valence-corrected chi connectivity index (χ3v) is 3.59. The Hall–Kier alpha value is -2.09. The number of carbonyl (C=O) groups excluding carboxylic acids is 1. The molecule has 1 saturated carbocycles. The number of carbonyl (C=O) groups is 1. The Balaban J connectivity index is 1.77. The van der Waals surface area contributed by atoms with Crippen LogP contribution in [0.1, 0.15) is 31.2 Å². The van der Waals surface area contributed by atoms with E-state index >= 15 is 0 Å². The van der Waals surface area contributed by atoms with E-state index < -0.39 is 5.82 Å². The summed E-state index contributed by atoms with van der Waals surface area (Å²) in [7, 11) is 0. The molecule has 1 aliphatic rings. The van der Waals surface area contributed by atoms with E-state index in [1.807, 2.05) is 6.07 Å². The summed E-state index contributed by atoms with van der Waals surface area (Å²) in [6.07, 6.45) is 4.21. The van der Waals surface area contributed by atoms with E-state index in [2.05, 4.69) is 10.6 Å². The SMILES string of the molecule is N#Cc1c(F)cccc1NCCNC(=O)C1CCCC1. The van der Waals surface area contributed by atoms with Crippen LogP contribution in [0.15, 0.2) is 18.2 Å². The van der Waals surface area contributed by atoms with Gasteiger partial charge in [-0.05, 0) is 25.0 Å². The smallest absolute Gasteiger partial charge is 0.223 e. The number of rotatable bonds is 5. The Bertz CT molecular complexity index is 518. The molecule has 106 valence electrons. The highest BCUT2D eigenvalue weighted by Gasteiger charge is 2.21. The lowest BCUT2D eigenvalue weighted by molar-refractivity contribution is -0.124. The Kier molecular flexibility index (Phi) is 4.94. The third kappa shape index (κ3) is 3.47. The van der Waals surface area contributed by atoms with Gasteiger partial charge in [0.25, 0.3) is 0 Å². The molecule has 1 fully saturated rings. The summed E-state index contributed by atoms with van der Waals surface area (Å²) in [5.74, 6) is -0.282. The molecule has 0 bridgehead atoms. The van der Waals surface area contributed by atoms with E-state index in [0.29, 0.717) is 18.8 Å². The molecule has 4 nitrogen and oxygen atoms in total. The molecule has 0 unspecified atom stereocenters. The highest BCUT2D eigenvalue weighted by molar-refractivity contribution is 5.78. The lowest BCUT2D eigenvalue weighted by Gasteiger charge is -2.12. The molecule has 0 saturated heterocycles. The van der Waals surface area contributed by atoms with Crippen molar-refractivity contribution in [2.24, 2.45) is 5.92 Å². The predicted molar refractivity (Wildman–Crippen MR) is 74.6 cm³/mol. The monoisotopic (exact) mass is 275 g/mol. The van der Waals surface area contributed by atoms with Crippen molar-refractivity contribution in [1.29, 1.82) is 5.26 Å². The van der Waals surface area contributed by atoms with Crippen LogP contribution in [0.25, 0.3) is 0 Å². The first-order chi connectivity index (χ1) is 9.72. The molecule has 1 aromatic rings. The fourth-order valence-electron chi connectivity index (χ4n) is 2.50. The first-order valence-electron chi connectivity index (χ1n) is 6.92. The number of nitrogens with zero attached hydrogens (tertiary/aromatic N) is 1. The van der Waals surface area contributed by atoms with Crippen LogP contribution in [0.5, 0.6) is 0 Å². The van der Waals surface area contributed by atoms with Crippen LogP contribution >= 0.6 is 0 Å². The topological polar surface area (TPSA) is 64.9 Å². The average molecular weight is 275 g/mol. The number of benzene rings is 1. The maximum Gasteiger partial charge on any atom is 0.223 e. The molecular weight excluding hydrogens is 257 g/mol. The second-order valence-electron chi connectivity index (χ2n) is 4.97. The fourth-order valence-corrected chi connectivity index (χ4v) is 2.50. The lowest BCUT2D eigenvalue weighted by Crippen LogP contribution is -2.33. The minimum atomic E-state index is -0.535. The zero-order chi connectivity index (χ0) is 14.4. The summed E-state index contributed by atoms with van der Waals surface area (Å²) in [5.41, 5.74) is 0.470. The summed E-state index contributed by atoms with van der Waals surface area (Å²) in [6.45, 7) is 0.938. The van der Waals surface area contributed by atoms with Gasteiger partial charge in [-0.15, -0.1) is 0 Å². The molecule has 0 aliphatic heterocycles. The van der Waals surface area contributed by atoms with Crippen molar-refractivity contribution in [3.63, 3.8) is 0 Å². The van der Waals surface area contributed by atoms with E-state index in [1.165, 1.54) is 6.07 Å². The van der Waals surface area contributed by atoms with Gasteiger partial charge in [0.05, 0.1) is 5.69 Å². The minimum Gasteiger partial charge on any atom is -0.382 e. The minimum absolute atomic E-state index is 0.00891. The molecule has 5 heteroatoms. The van der Waals surface area contributed by atoms with Crippen LogP contribution in [-0.4, -0.2) is 19.0 Å². The first kappa shape index (κ1) is 14.3. The number of hydrogen-bond donors (Lipinski definition) is 2. The number of nitriles is 1. The molecule has 0 radical (unpaired) electrons. The van der Waals surface area contributed by atoms with E-state index in [1.54, 1.807) is 12.1 Å².